The van der Waals surface area contributed by atoms with Gasteiger partial charge in [0.1, 0.15) is 0 Å². The highest BCUT2D eigenvalue weighted by Gasteiger charge is 2.10. The van der Waals surface area contributed by atoms with Crippen molar-refractivity contribution in [2.24, 2.45) is 35.5 Å². The minimum atomic E-state index is 0.469. The predicted octanol–water partition coefficient (Wildman–Crippen LogP) is 6.86. The lowest BCUT2D eigenvalue weighted by Gasteiger charge is -2.18. The lowest BCUT2D eigenvalue weighted by molar-refractivity contribution is 0.0220. The molecule has 0 aromatic rings. The summed E-state index contributed by atoms with van der Waals surface area (Å²) in [5.41, 5.74) is 0. The van der Waals surface area contributed by atoms with E-state index in [4.69, 9.17) is 18.9 Å². The van der Waals surface area contributed by atoms with E-state index < -0.39 is 0 Å². The zero-order valence-electron chi connectivity index (χ0n) is 22.3. The molecule has 0 aliphatic rings. The molecule has 0 saturated carbocycles. The van der Waals surface area contributed by atoms with Gasteiger partial charge in [0.2, 0.25) is 0 Å². The van der Waals surface area contributed by atoms with E-state index in [2.05, 4.69) is 55.4 Å². The quantitative estimate of drug-likeness (QED) is 0.183. The summed E-state index contributed by atoms with van der Waals surface area (Å²) in [7, 11) is 0. The van der Waals surface area contributed by atoms with Crippen LogP contribution in [0.25, 0.3) is 0 Å². The maximum absolute atomic E-state index is 5.93. The maximum atomic E-state index is 5.93. The van der Waals surface area contributed by atoms with Crippen LogP contribution in [0.15, 0.2) is 0 Å². The molecule has 0 aliphatic heterocycles. The van der Waals surface area contributed by atoms with Gasteiger partial charge in [-0.1, -0.05) is 74.7 Å². The van der Waals surface area contributed by atoms with Crippen molar-refractivity contribution in [3.8, 4) is 0 Å². The van der Waals surface area contributed by atoms with Gasteiger partial charge in [-0.3, -0.25) is 0 Å². The number of rotatable bonds is 22. The molecule has 4 heteroatoms. The lowest BCUT2D eigenvalue weighted by Crippen LogP contribution is -2.18. The highest BCUT2D eigenvalue weighted by molar-refractivity contribution is 4.59. The van der Waals surface area contributed by atoms with Gasteiger partial charge >= 0.3 is 0 Å². The summed E-state index contributed by atoms with van der Waals surface area (Å²) in [6.07, 6.45) is 6.06. The van der Waals surface area contributed by atoms with E-state index >= 15 is 0 Å². The molecule has 0 radical (unpaired) electrons. The molecule has 0 fully saturated rings. The molecule has 0 spiro atoms. The first-order chi connectivity index (χ1) is 14.8. The Kier molecular flexibility index (Phi) is 20.3. The molecule has 188 valence electrons. The maximum Gasteiger partial charge on any atom is 0.0513 e. The van der Waals surface area contributed by atoms with Crippen LogP contribution < -0.4 is 0 Å². The third-order valence-corrected chi connectivity index (χ3v) is 6.01. The van der Waals surface area contributed by atoms with Gasteiger partial charge in [-0.15, -0.1) is 0 Å². The first-order valence-electron chi connectivity index (χ1n) is 13.1. The Balaban J connectivity index is 3.60. The van der Waals surface area contributed by atoms with Crippen molar-refractivity contribution in [1.82, 2.24) is 0 Å². The van der Waals surface area contributed by atoms with Crippen LogP contribution >= 0.6 is 0 Å². The molecule has 0 bridgehead atoms. The number of hydrogen-bond acceptors (Lipinski definition) is 4. The fourth-order valence-electron chi connectivity index (χ4n) is 3.20. The monoisotopic (exact) mass is 444 g/mol. The highest BCUT2D eigenvalue weighted by Crippen LogP contribution is 2.15. The second-order valence-electron chi connectivity index (χ2n) is 10.5. The largest absolute Gasteiger partial charge is 0.381 e. The van der Waals surface area contributed by atoms with Crippen LogP contribution in [-0.2, 0) is 18.9 Å². The average Bonchev–Trinajstić information content (AvgIpc) is 2.73. The van der Waals surface area contributed by atoms with Gasteiger partial charge < -0.3 is 18.9 Å². The Morgan fingerprint density at radius 2 is 0.645 bits per heavy atom. The van der Waals surface area contributed by atoms with Crippen molar-refractivity contribution in [3.63, 3.8) is 0 Å². The molecule has 6 unspecified atom stereocenters. The third kappa shape index (κ3) is 20.2. The molecule has 0 N–H and O–H groups in total. The van der Waals surface area contributed by atoms with E-state index in [9.17, 15) is 0 Å². The van der Waals surface area contributed by atoms with E-state index in [0.717, 1.165) is 52.9 Å². The van der Waals surface area contributed by atoms with Crippen molar-refractivity contribution >= 4 is 0 Å². The highest BCUT2D eigenvalue weighted by atomic mass is 16.5. The Morgan fingerprint density at radius 1 is 0.387 bits per heavy atom. The van der Waals surface area contributed by atoms with Crippen molar-refractivity contribution in [2.45, 2.75) is 87.5 Å². The Morgan fingerprint density at radius 3 is 0.935 bits per heavy atom. The van der Waals surface area contributed by atoms with Crippen molar-refractivity contribution in [3.05, 3.63) is 0 Å². The fraction of sp³-hybridized carbons (Fsp3) is 1.00. The summed E-state index contributed by atoms with van der Waals surface area (Å²) in [5, 5.41) is 0. The molecule has 31 heavy (non-hydrogen) atoms. The second kappa shape index (κ2) is 20.4. The molecule has 0 aromatic carbocycles. The number of ether oxygens (including phenoxy) is 4. The number of hydrogen-bond donors (Lipinski definition) is 0. The lowest BCUT2D eigenvalue weighted by atomic mass is 9.99. The summed E-state index contributed by atoms with van der Waals surface area (Å²) in [6, 6.07) is 0. The zero-order valence-corrected chi connectivity index (χ0v) is 22.3. The van der Waals surface area contributed by atoms with Crippen molar-refractivity contribution < 1.29 is 18.9 Å². The van der Waals surface area contributed by atoms with Crippen LogP contribution in [0.4, 0.5) is 0 Å². The smallest absolute Gasteiger partial charge is 0.0513 e. The molecule has 0 aromatic heterocycles. The van der Waals surface area contributed by atoms with Crippen LogP contribution in [0, 0.1) is 35.5 Å². The van der Waals surface area contributed by atoms with Crippen LogP contribution in [-0.4, -0.2) is 52.9 Å². The Bertz CT molecular complexity index is 342. The summed E-state index contributed by atoms with van der Waals surface area (Å²) in [6.45, 7) is 24.6. The van der Waals surface area contributed by atoms with Gasteiger partial charge in [0.15, 0.2) is 0 Å². The molecule has 0 heterocycles. The van der Waals surface area contributed by atoms with Gasteiger partial charge in [0.25, 0.3) is 0 Å². The third-order valence-electron chi connectivity index (χ3n) is 6.01. The van der Waals surface area contributed by atoms with Crippen LogP contribution in [0.2, 0.25) is 0 Å². The van der Waals surface area contributed by atoms with Crippen molar-refractivity contribution in [1.29, 1.82) is 0 Å². The Labute approximate surface area is 195 Å². The fourth-order valence-corrected chi connectivity index (χ4v) is 3.20. The average molecular weight is 445 g/mol. The topological polar surface area (TPSA) is 36.9 Å². The standard InChI is InChI=1S/C27H56O4/c1-9-22(3)14-28-18-26(7)20-30-16-24(5)12-11-13-25(6)17-31-21-27(8)19-29-15-23(4)10-2/h22-27H,9-21H2,1-8H3. The first kappa shape index (κ1) is 30.8. The molecule has 0 saturated heterocycles. The minimum Gasteiger partial charge on any atom is -0.381 e. The van der Waals surface area contributed by atoms with Crippen molar-refractivity contribution in [2.75, 3.05) is 52.9 Å². The SMILES string of the molecule is CCC(C)COCC(C)COCC(C)CCCC(C)COCC(C)COCC(C)CC. The Hall–Kier alpha value is -0.160. The molecular formula is C27H56O4. The van der Waals surface area contributed by atoms with Gasteiger partial charge in [0, 0.05) is 38.3 Å². The molecule has 0 aliphatic carbocycles. The van der Waals surface area contributed by atoms with Gasteiger partial charge in [0.05, 0.1) is 26.4 Å². The first-order valence-corrected chi connectivity index (χ1v) is 13.1. The van der Waals surface area contributed by atoms with E-state index in [-0.39, 0.29) is 0 Å². The molecule has 0 rings (SSSR count). The minimum absolute atomic E-state index is 0.469. The summed E-state index contributed by atoms with van der Waals surface area (Å²) < 4.78 is 23.4. The summed E-state index contributed by atoms with van der Waals surface area (Å²) in [5.74, 6) is 3.47. The molecular weight excluding hydrogens is 388 g/mol. The van der Waals surface area contributed by atoms with Gasteiger partial charge in [-0.25, -0.2) is 0 Å². The molecule has 0 amide bonds. The normalized spacial score (nSPS) is 17.8. The predicted molar refractivity (Wildman–Crippen MR) is 133 cm³/mol. The van der Waals surface area contributed by atoms with Gasteiger partial charge in [-0.05, 0) is 36.5 Å². The van der Waals surface area contributed by atoms with Crippen LogP contribution in [0.5, 0.6) is 0 Å². The van der Waals surface area contributed by atoms with Gasteiger partial charge in [-0.2, -0.15) is 0 Å². The van der Waals surface area contributed by atoms with E-state index in [1.807, 2.05) is 0 Å². The van der Waals surface area contributed by atoms with Crippen LogP contribution in [0.3, 0.4) is 0 Å². The molecule has 6 atom stereocenters. The molecule has 4 nitrogen and oxygen atoms in total. The summed E-state index contributed by atoms with van der Waals surface area (Å²) in [4.78, 5) is 0. The van der Waals surface area contributed by atoms with E-state index in [1.54, 1.807) is 0 Å². The van der Waals surface area contributed by atoms with E-state index in [1.165, 1.54) is 32.1 Å². The zero-order chi connectivity index (χ0) is 23.5. The van der Waals surface area contributed by atoms with E-state index in [0.29, 0.717) is 35.5 Å². The second-order valence-corrected chi connectivity index (χ2v) is 10.5. The summed E-state index contributed by atoms with van der Waals surface area (Å²) >= 11 is 0. The van der Waals surface area contributed by atoms with Crippen LogP contribution in [0.1, 0.15) is 87.5 Å².